The van der Waals surface area contributed by atoms with Crippen molar-refractivity contribution in [2.45, 2.75) is 6.92 Å². The summed E-state index contributed by atoms with van der Waals surface area (Å²) in [4.78, 5) is 37.7. The van der Waals surface area contributed by atoms with E-state index in [1.54, 1.807) is 6.92 Å². The number of pyridine rings is 1. The van der Waals surface area contributed by atoms with Crippen LogP contribution in [0.25, 0.3) is 0 Å². The summed E-state index contributed by atoms with van der Waals surface area (Å²) in [5.74, 6) is -1.92. The van der Waals surface area contributed by atoms with Crippen molar-refractivity contribution in [3.63, 3.8) is 0 Å². The minimum atomic E-state index is -1.21. The van der Waals surface area contributed by atoms with E-state index >= 15 is 0 Å². The molecule has 0 aliphatic heterocycles. The predicted octanol–water partition coefficient (Wildman–Crippen LogP) is 2.29. The summed E-state index contributed by atoms with van der Waals surface area (Å²) >= 11 is 5.79. The minimum Gasteiger partial charge on any atom is -0.478 e. The summed E-state index contributed by atoms with van der Waals surface area (Å²) in [6.45, 7) is 1.68. The molecule has 0 radical (unpaired) electrons. The number of carboxylic acid groups (broad SMARTS) is 1. The van der Waals surface area contributed by atoms with Crippen LogP contribution in [0.1, 0.15) is 26.4 Å². The number of anilines is 1. The van der Waals surface area contributed by atoms with Gasteiger partial charge in [-0.2, -0.15) is 0 Å². The number of aromatic amines is 1. The van der Waals surface area contributed by atoms with Gasteiger partial charge in [-0.25, -0.2) is 4.79 Å². The standard InChI is InChI=1S/C14H11ClN2O4/c1-7-4-12(18)10(6-16-7)13(19)17-11-5-8(15)2-3-9(11)14(20)21/h2-6H,1H3,(H,16,18)(H,17,19)(H,20,21). The van der Waals surface area contributed by atoms with Crippen LogP contribution in [0, 0.1) is 6.92 Å². The zero-order valence-electron chi connectivity index (χ0n) is 10.9. The number of amides is 1. The number of carbonyl (C=O) groups excluding carboxylic acids is 1. The average molecular weight is 307 g/mol. The molecule has 2 rings (SSSR count). The van der Waals surface area contributed by atoms with E-state index in [2.05, 4.69) is 10.3 Å². The molecule has 6 nitrogen and oxygen atoms in total. The highest BCUT2D eigenvalue weighted by molar-refractivity contribution is 6.31. The molecule has 108 valence electrons. The van der Waals surface area contributed by atoms with E-state index in [9.17, 15) is 14.4 Å². The van der Waals surface area contributed by atoms with Crippen molar-refractivity contribution >= 4 is 29.2 Å². The number of hydrogen-bond donors (Lipinski definition) is 3. The van der Waals surface area contributed by atoms with Gasteiger partial charge in [0.1, 0.15) is 5.56 Å². The lowest BCUT2D eigenvalue weighted by Gasteiger charge is -2.08. The van der Waals surface area contributed by atoms with E-state index in [4.69, 9.17) is 16.7 Å². The van der Waals surface area contributed by atoms with Gasteiger partial charge >= 0.3 is 5.97 Å². The number of rotatable bonds is 3. The molecular weight excluding hydrogens is 296 g/mol. The van der Waals surface area contributed by atoms with E-state index < -0.39 is 17.3 Å². The van der Waals surface area contributed by atoms with Crippen molar-refractivity contribution in [1.82, 2.24) is 4.98 Å². The van der Waals surface area contributed by atoms with Crippen LogP contribution in [-0.2, 0) is 0 Å². The van der Waals surface area contributed by atoms with Gasteiger partial charge in [0, 0.05) is 23.0 Å². The van der Waals surface area contributed by atoms with E-state index in [0.29, 0.717) is 5.69 Å². The number of halogens is 1. The summed E-state index contributed by atoms with van der Waals surface area (Å²) in [7, 11) is 0. The lowest BCUT2D eigenvalue weighted by atomic mass is 10.1. The molecule has 0 aliphatic carbocycles. The quantitative estimate of drug-likeness (QED) is 0.810. The number of aromatic carboxylic acids is 1. The normalized spacial score (nSPS) is 10.2. The molecule has 0 spiro atoms. The smallest absolute Gasteiger partial charge is 0.337 e. The molecule has 21 heavy (non-hydrogen) atoms. The summed E-state index contributed by atoms with van der Waals surface area (Å²) < 4.78 is 0. The fourth-order valence-corrected chi connectivity index (χ4v) is 1.92. The average Bonchev–Trinajstić information content (AvgIpc) is 2.37. The molecule has 0 aliphatic rings. The van der Waals surface area contributed by atoms with Gasteiger partial charge in [0.25, 0.3) is 5.91 Å². The van der Waals surface area contributed by atoms with Crippen LogP contribution in [0.15, 0.2) is 35.3 Å². The third-order valence-corrected chi connectivity index (χ3v) is 3.00. The molecule has 0 bridgehead atoms. The Morgan fingerprint density at radius 3 is 2.57 bits per heavy atom. The largest absolute Gasteiger partial charge is 0.478 e. The van der Waals surface area contributed by atoms with Crippen molar-refractivity contribution in [3.8, 4) is 0 Å². The Kier molecular flexibility index (Phi) is 4.09. The first-order chi connectivity index (χ1) is 9.88. The molecule has 0 saturated heterocycles. The maximum absolute atomic E-state index is 12.1. The molecule has 0 saturated carbocycles. The molecule has 1 amide bonds. The van der Waals surface area contributed by atoms with Crippen molar-refractivity contribution < 1.29 is 14.7 Å². The summed E-state index contributed by atoms with van der Waals surface area (Å²) in [5.41, 5.74) is -0.0404. The van der Waals surface area contributed by atoms with Gasteiger partial charge in [-0.1, -0.05) is 11.6 Å². The fraction of sp³-hybridized carbons (Fsp3) is 0.0714. The van der Waals surface area contributed by atoms with E-state index in [1.807, 2.05) is 0 Å². The molecule has 0 atom stereocenters. The Morgan fingerprint density at radius 1 is 1.24 bits per heavy atom. The number of hydrogen-bond acceptors (Lipinski definition) is 3. The van der Waals surface area contributed by atoms with Crippen LogP contribution >= 0.6 is 11.6 Å². The molecule has 7 heteroatoms. The van der Waals surface area contributed by atoms with E-state index in [-0.39, 0.29) is 21.8 Å². The number of benzene rings is 1. The number of H-pyrrole nitrogens is 1. The van der Waals surface area contributed by atoms with Gasteiger partial charge < -0.3 is 15.4 Å². The zero-order chi connectivity index (χ0) is 15.6. The first kappa shape index (κ1) is 14.8. The zero-order valence-corrected chi connectivity index (χ0v) is 11.7. The lowest BCUT2D eigenvalue weighted by Crippen LogP contribution is -2.22. The second kappa shape index (κ2) is 5.80. The Morgan fingerprint density at radius 2 is 1.95 bits per heavy atom. The molecule has 1 aromatic heterocycles. The first-order valence-corrected chi connectivity index (χ1v) is 6.30. The molecule has 1 aromatic carbocycles. The maximum Gasteiger partial charge on any atom is 0.337 e. The fourth-order valence-electron chi connectivity index (χ4n) is 1.75. The highest BCUT2D eigenvalue weighted by Gasteiger charge is 2.16. The number of carbonyl (C=O) groups is 2. The van der Waals surface area contributed by atoms with Crippen LogP contribution in [0.4, 0.5) is 5.69 Å². The summed E-state index contributed by atoms with van der Waals surface area (Å²) in [6.07, 6.45) is 1.28. The van der Waals surface area contributed by atoms with Gasteiger partial charge in [-0.15, -0.1) is 0 Å². The third-order valence-electron chi connectivity index (χ3n) is 2.76. The van der Waals surface area contributed by atoms with Gasteiger partial charge in [-0.05, 0) is 25.1 Å². The van der Waals surface area contributed by atoms with E-state index in [0.717, 1.165) is 0 Å². The molecular formula is C14H11ClN2O4. The Balaban J connectivity index is 2.38. The van der Waals surface area contributed by atoms with Crippen LogP contribution in [0.5, 0.6) is 0 Å². The van der Waals surface area contributed by atoms with Crippen molar-refractivity contribution in [3.05, 3.63) is 62.5 Å². The second-order valence-electron chi connectivity index (χ2n) is 4.34. The van der Waals surface area contributed by atoms with Gasteiger partial charge in [0.15, 0.2) is 5.43 Å². The van der Waals surface area contributed by atoms with Gasteiger partial charge in [0.05, 0.1) is 11.3 Å². The number of carboxylic acids is 1. The SMILES string of the molecule is Cc1cc(=O)c(C(=O)Nc2cc(Cl)ccc2C(=O)O)c[nH]1. The van der Waals surface area contributed by atoms with Crippen LogP contribution in [0.2, 0.25) is 5.02 Å². The second-order valence-corrected chi connectivity index (χ2v) is 4.78. The predicted molar refractivity (Wildman–Crippen MR) is 78.2 cm³/mol. The lowest BCUT2D eigenvalue weighted by molar-refractivity contribution is 0.0698. The maximum atomic E-state index is 12.1. The number of aromatic nitrogens is 1. The van der Waals surface area contributed by atoms with E-state index in [1.165, 1.54) is 30.5 Å². The topological polar surface area (TPSA) is 99.3 Å². The van der Waals surface area contributed by atoms with Crippen molar-refractivity contribution in [1.29, 1.82) is 0 Å². The summed E-state index contributed by atoms with van der Waals surface area (Å²) in [6, 6.07) is 5.27. The monoisotopic (exact) mass is 306 g/mol. The van der Waals surface area contributed by atoms with Crippen LogP contribution in [-0.4, -0.2) is 22.0 Å². The summed E-state index contributed by atoms with van der Waals surface area (Å²) in [5, 5.41) is 11.7. The first-order valence-electron chi connectivity index (χ1n) is 5.92. The Labute approximate surface area is 124 Å². The third kappa shape index (κ3) is 3.29. The molecule has 0 fully saturated rings. The Hall–Kier alpha value is -2.60. The minimum absolute atomic E-state index is 0.0278. The molecule has 2 aromatic rings. The van der Waals surface area contributed by atoms with Crippen LogP contribution < -0.4 is 10.7 Å². The molecule has 1 heterocycles. The van der Waals surface area contributed by atoms with Gasteiger partial charge in [0.2, 0.25) is 0 Å². The number of aryl methyl sites for hydroxylation is 1. The highest BCUT2D eigenvalue weighted by atomic mass is 35.5. The molecule has 0 unspecified atom stereocenters. The number of nitrogens with one attached hydrogen (secondary N) is 2. The van der Waals surface area contributed by atoms with Crippen molar-refractivity contribution in [2.24, 2.45) is 0 Å². The Bertz CT molecular complexity index is 783. The highest BCUT2D eigenvalue weighted by Crippen LogP contribution is 2.21. The molecule has 3 N–H and O–H groups in total. The van der Waals surface area contributed by atoms with Gasteiger partial charge in [-0.3, -0.25) is 9.59 Å². The van der Waals surface area contributed by atoms with Crippen LogP contribution in [0.3, 0.4) is 0 Å². The van der Waals surface area contributed by atoms with Crippen molar-refractivity contribution in [2.75, 3.05) is 5.32 Å².